The van der Waals surface area contributed by atoms with Gasteiger partial charge in [-0.15, -0.1) is 0 Å². The molecule has 1 unspecified atom stereocenters. The Labute approximate surface area is 158 Å². The van der Waals surface area contributed by atoms with Crippen LogP contribution in [0.3, 0.4) is 0 Å². The molecule has 3 N–H and O–H groups in total. The maximum absolute atomic E-state index is 12.0. The number of rotatable bonds is 4. The van der Waals surface area contributed by atoms with Crippen LogP contribution < -0.4 is 10.8 Å². The SMILES string of the molecule is O=C(NO)C1(NCc2ccc(C#Cc3ccccc3)cc2)CCS(=O)(=O)C1. The smallest absolute Gasteiger partial charge is 0.264 e. The summed E-state index contributed by atoms with van der Waals surface area (Å²) in [4.78, 5) is 12.0. The van der Waals surface area contributed by atoms with Crippen molar-refractivity contribution in [2.75, 3.05) is 11.5 Å². The predicted octanol–water partition coefficient (Wildman–Crippen LogP) is 1.24. The number of carbonyl (C=O) groups excluding carboxylic acids is 1. The van der Waals surface area contributed by atoms with Gasteiger partial charge in [-0.1, -0.05) is 42.2 Å². The van der Waals surface area contributed by atoms with E-state index in [1.54, 1.807) is 5.48 Å². The van der Waals surface area contributed by atoms with E-state index in [2.05, 4.69) is 17.2 Å². The van der Waals surface area contributed by atoms with E-state index in [1.165, 1.54) is 0 Å². The summed E-state index contributed by atoms with van der Waals surface area (Å²) in [6, 6.07) is 17.2. The number of hydrogen-bond acceptors (Lipinski definition) is 5. The van der Waals surface area contributed by atoms with Crippen LogP contribution in [0.5, 0.6) is 0 Å². The Bertz CT molecular complexity index is 976. The molecule has 7 heteroatoms. The number of benzene rings is 2. The molecule has 6 nitrogen and oxygen atoms in total. The fraction of sp³-hybridized carbons (Fsp3) is 0.250. The molecule has 3 rings (SSSR count). The Hall–Kier alpha value is -2.66. The first-order chi connectivity index (χ1) is 12.9. The minimum Gasteiger partial charge on any atom is -0.298 e. The summed E-state index contributed by atoms with van der Waals surface area (Å²) < 4.78 is 23.6. The van der Waals surface area contributed by atoms with E-state index in [9.17, 15) is 13.2 Å². The van der Waals surface area contributed by atoms with Crippen molar-refractivity contribution in [3.05, 3.63) is 71.3 Å². The van der Waals surface area contributed by atoms with Crippen molar-refractivity contribution < 1.29 is 18.4 Å². The van der Waals surface area contributed by atoms with Crippen LogP contribution in [0.4, 0.5) is 0 Å². The molecule has 0 aliphatic carbocycles. The molecule has 0 bridgehead atoms. The molecule has 1 fully saturated rings. The van der Waals surface area contributed by atoms with Gasteiger partial charge in [0.1, 0.15) is 5.54 Å². The highest BCUT2D eigenvalue weighted by atomic mass is 32.2. The standard InChI is InChI=1S/C20H20N2O4S/c23-19(22-24)20(12-13-27(25,26)15-20)21-14-18-10-8-17(9-11-18)7-6-16-4-2-1-3-5-16/h1-5,8-11,21,24H,12-15H2,(H,22,23). The third-order valence-electron chi connectivity index (χ3n) is 4.55. The average molecular weight is 384 g/mol. The molecular formula is C20H20N2O4S. The topological polar surface area (TPSA) is 95.5 Å². The Balaban J connectivity index is 1.68. The van der Waals surface area contributed by atoms with Gasteiger partial charge in [-0.25, -0.2) is 13.9 Å². The molecule has 1 saturated heterocycles. The number of carbonyl (C=O) groups is 1. The molecule has 2 aromatic rings. The summed E-state index contributed by atoms with van der Waals surface area (Å²) in [5.41, 5.74) is 2.95. The van der Waals surface area contributed by atoms with Crippen LogP contribution in [0.25, 0.3) is 0 Å². The molecule has 140 valence electrons. The van der Waals surface area contributed by atoms with E-state index >= 15 is 0 Å². The normalized spacial score (nSPS) is 20.5. The molecule has 0 aromatic heterocycles. The average Bonchev–Trinajstić information content (AvgIpc) is 3.01. The Morgan fingerprint density at radius 1 is 1.04 bits per heavy atom. The zero-order valence-corrected chi connectivity index (χ0v) is 15.4. The van der Waals surface area contributed by atoms with Gasteiger partial charge in [0.2, 0.25) is 0 Å². The Morgan fingerprint density at radius 2 is 1.67 bits per heavy atom. The van der Waals surface area contributed by atoms with E-state index in [1.807, 2.05) is 54.6 Å². The lowest BCUT2D eigenvalue weighted by Crippen LogP contribution is -2.57. The molecule has 0 radical (unpaired) electrons. The highest BCUT2D eigenvalue weighted by molar-refractivity contribution is 7.91. The van der Waals surface area contributed by atoms with Gasteiger partial charge in [-0.2, -0.15) is 0 Å². The summed E-state index contributed by atoms with van der Waals surface area (Å²) in [6.07, 6.45) is 0.127. The van der Waals surface area contributed by atoms with Crippen LogP contribution in [0.1, 0.15) is 23.1 Å². The number of nitrogens with one attached hydrogen (secondary N) is 2. The number of hydroxylamine groups is 1. The number of amides is 1. The van der Waals surface area contributed by atoms with E-state index in [0.717, 1.165) is 16.7 Å². The number of hydrogen-bond donors (Lipinski definition) is 3. The Kier molecular flexibility index (Phi) is 5.61. The van der Waals surface area contributed by atoms with Crippen LogP contribution >= 0.6 is 0 Å². The summed E-state index contributed by atoms with van der Waals surface area (Å²) in [7, 11) is -3.31. The Morgan fingerprint density at radius 3 is 2.22 bits per heavy atom. The molecule has 1 heterocycles. The van der Waals surface area contributed by atoms with Gasteiger partial charge in [0.05, 0.1) is 11.5 Å². The van der Waals surface area contributed by atoms with E-state index in [4.69, 9.17) is 5.21 Å². The van der Waals surface area contributed by atoms with Crippen molar-refractivity contribution in [1.82, 2.24) is 10.8 Å². The summed E-state index contributed by atoms with van der Waals surface area (Å²) in [5.74, 6) is 5.03. The first-order valence-electron chi connectivity index (χ1n) is 8.48. The molecule has 1 aliphatic rings. The van der Waals surface area contributed by atoms with Crippen molar-refractivity contribution in [1.29, 1.82) is 0 Å². The van der Waals surface area contributed by atoms with Crippen LogP contribution in [-0.2, 0) is 21.2 Å². The predicted molar refractivity (Wildman–Crippen MR) is 102 cm³/mol. The summed E-state index contributed by atoms with van der Waals surface area (Å²) in [6.45, 7) is 0.301. The van der Waals surface area contributed by atoms with E-state index in [0.29, 0.717) is 6.54 Å². The molecule has 1 aliphatic heterocycles. The van der Waals surface area contributed by atoms with Crippen LogP contribution in [0.2, 0.25) is 0 Å². The highest BCUT2D eigenvalue weighted by Crippen LogP contribution is 2.24. The minimum atomic E-state index is -3.31. The van der Waals surface area contributed by atoms with Crippen LogP contribution in [0.15, 0.2) is 54.6 Å². The fourth-order valence-electron chi connectivity index (χ4n) is 3.00. The molecule has 1 amide bonds. The summed E-state index contributed by atoms with van der Waals surface area (Å²) in [5, 5.41) is 12.0. The monoisotopic (exact) mass is 384 g/mol. The van der Waals surface area contributed by atoms with Gasteiger partial charge in [-0.3, -0.25) is 15.3 Å². The van der Waals surface area contributed by atoms with E-state index in [-0.39, 0.29) is 17.9 Å². The van der Waals surface area contributed by atoms with Gasteiger partial charge in [0.15, 0.2) is 9.84 Å². The molecule has 0 saturated carbocycles. The van der Waals surface area contributed by atoms with Gasteiger partial charge in [0, 0.05) is 17.7 Å². The summed E-state index contributed by atoms with van der Waals surface area (Å²) >= 11 is 0. The van der Waals surface area contributed by atoms with Crippen molar-refractivity contribution >= 4 is 15.7 Å². The first-order valence-corrected chi connectivity index (χ1v) is 10.3. The maximum atomic E-state index is 12.0. The van der Waals surface area contributed by atoms with Crippen LogP contribution in [-0.4, -0.2) is 36.6 Å². The third-order valence-corrected chi connectivity index (χ3v) is 6.31. The molecule has 27 heavy (non-hydrogen) atoms. The van der Waals surface area contributed by atoms with Crippen molar-refractivity contribution in [3.8, 4) is 11.8 Å². The molecule has 2 aromatic carbocycles. The maximum Gasteiger partial charge on any atom is 0.264 e. The van der Waals surface area contributed by atoms with Crippen molar-refractivity contribution in [2.24, 2.45) is 0 Å². The second kappa shape index (κ2) is 7.92. The zero-order chi connectivity index (χ0) is 19.3. The third kappa shape index (κ3) is 4.74. The van der Waals surface area contributed by atoms with E-state index < -0.39 is 21.3 Å². The lowest BCUT2D eigenvalue weighted by atomic mass is 9.97. The highest BCUT2D eigenvalue weighted by Gasteiger charge is 2.47. The lowest BCUT2D eigenvalue weighted by molar-refractivity contribution is -0.135. The van der Waals surface area contributed by atoms with Gasteiger partial charge < -0.3 is 0 Å². The van der Waals surface area contributed by atoms with Gasteiger partial charge in [0.25, 0.3) is 5.91 Å². The second-order valence-electron chi connectivity index (χ2n) is 6.53. The van der Waals surface area contributed by atoms with Crippen molar-refractivity contribution in [3.63, 3.8) is 0 Å². The minimum absolute atomic E-state index is 0.0819. The van der Waals surface area contributed by atoms with Gasteiger partial charge in [-0.05, 0) is 36.2 Å². The van der Waals surface area contributed by atoms with Crippen molar-refractivity contribution in [2.45, 2.75) is 18.5 Å². The fourth-order valence-corrected chi connectivity index (χ4v) is 4.93. The molecule has 0 spiro atoms. The second-order valence-corrected chi connectivity index (χ2v) is 8.72. The quantitative estimate of drug-likeness (QED) is 0.419. The van der Waals surface area contributed by atoms with Crippen LogP contribution in [0, 0.1) is 11.8 Å². The molecule has 1 atom stereocenters. The number of sulfone groups is 1. The largest absolute Gasteiger partial charge is 0.298 e. The zero-order valence-electron chi connectivity index (χ0n) is 14.6. The lowest BCUT2D eigenvalue weighted by Gasteiger charge is -2.26. The first kappa shape index (κ1) is 19.1. The molecular weight excluding hydrogens is 364 g/mol. The van der Waals surface area contributed by atoms with Gasteiger partial charge >= 0.3 is 0 Å².